The molecule has 0 aliphatic heterocycles. The van der Waals surface area contributed by atoms with Crippen molar-refractivity contribution in [2.75, 3.05) is 0 Å². The van der Waals surface area contributed by atoms with E-state index in [2.05, 4.69) is 5.32 Å². The standard InChI is InChI=1S/C16H14ClNO2/c17-13-4-1-3-12(9-13)16-7-6-15(20-16)11-18-10-14-5-2-8-19-14/h1-9,18H,10-11H2/p+1. The zero-order valence-electron chi connectivity index (χ0n) is 10.9. The Labute approximate surface area is 122 Å². The summed E-state index contributed by atoms with van der Waals surface area (Å²) in [5.41, 5.74) is 0.995. The van der Waals surface area contributed by atoms with Crippen molar-refractivity contribution in [3.63, 3.8) is 0 Å². The molecular weight excluding hydrogens is 274 g/mol. The Hall–Kier alpha value is -1.97. The maximum Gasteiger partial charge on any atom is 0.158 e. The minimum atomic E-state index is 0.713. The van der Waals surface area contributed by atoms with Crippen LogP contribution in [0.15, 0.2) is 63.6 Å². The van der Waals surface area contributed by atoms with Crippen LogP contribution >= 0.6 is 11.6 Å². The van der Waals surface area contributed by atoms with Crippen LogP contribution in [0.5, 0.6) is 0 Å². The molecule has 0 amide bonds. The van der Waals surface area contributed by atoms with Gasteiger partial charge in [-0.1, -0.05) is 23.7 Å². The summed E-state index contributed by atoms with van der Waals surface area (Å²) in [5.74, 6) is 2.74. The van der Waals surface area contributed by atoms with Crippen molar-refractivity contribution in [1.82, 2.24) is 0 Å². The second-order valence-electron chi connectivity index (χ2n) is 4.55. The third-order valence-corrected chi connectivity index (χ3v) is 3.28. The molecule has 0 aliphatic rings. The van der Waals surface area contributed by atoms with Gasteiger partial charge in [-0.3, -0.25) is 0 Å². The quantitative estimate of drug-likeness (QED) is 0.781. The molecule has 2 heterocycles. The van der Waals surface area contributed by atoms with E-state index < -0.39 is 0 Å². The van der Waals surface area contributed by atoms with Gasteiger partial charge >= 0.3 is 0 Å². The van der Waals surface area contributed by atoms with E-state index in [1.54, 1.807) is 6.26 Å². The van der Waals surface area contributed by atoms with Crippen LogP contribution in [0, 0.1) is 0 Å². The van der Waals surface area contributed by atoms with Crippen molar-refractivity contribution >= 4 is 11.6 Å². The second-order valence-corrected chi connectivity index (χ2v) is 4.99. The molecule has 0 spiro atoms. The SMILES string of the molecule is Clc1cccc(-c2ccc(C[NH2+]Cc3ccco3)o2)c1. The molecule has 1 aromatic carbocycles. The van der Waals surface area contributed by atoms with Gasteiger partial charge in [-0.15, -0.1) is 0 Å². The predicted octanol–water partition coefficient (Wildman–Crippen LogP) is 3.46. The Morgan fingerprint density at radius 3 is 2.65 bits per heavy atom. The molecule has 3 rings (SSSR count). The van der Waals surface area contributed by atoms with Crippen molar-refractivity contribution in [1.29, 1.82) is 0 Å². The maximum absolute atomic E-state index is 5.98. The van der Waals surface area contributed by atoms with Crippen LogP contribution in [0.2, 0.25) is 5.02 Å². The van der Waals surface area contributed by atoms with Gasteiger partial charge in [-0.2, -0.15) is 0 Å². The fraction of sp³-hybridized carbons (Fsp3) is 0.125. The predicted molar refractivity (Wildman–Crippen MR) is 77.2 cm³/mol. The summed E-state index contributed by atoms with van der Waals surface area (Å²) < 4.78 is 11.1. The number of hydrogen-bond acceptors (Lipinski definition) is 2. The summed E-state index contributed by atoms with van der Waals surface area (Å²) in [5, 5.41) is 2.85. The Morgan fingerprint density at radius 1 is 0.950 bits per heavy atom. The fourth-order valence-corrected chi connectivity index (χ4v) is 2.26. The van der Waals surface area contributed by atoms with Crippen molar-refractivity contribution in [2.45, 2.75) is 13.1 Å². The number of furan rings is 2. The molecule has 3 nitrogen and oxygen atoms in total. The van der Waals surface area contributed by atoms with Gasteiger partial charge in [-0.25, -0.2) is 0 Å². The highest BCUT2D eigenvalue weighted by Gasteiger charge is 2.07. The molecule has 4 heteroatoms. The first-order chi connectivity index (χ1) is 9.81. The molecule has 2 N–H and O–H groups in total. The minimum absolute atomic E-state index is 0.713. The first-order valence-electron chi connectivity index (χ1n) is 6.50. The highest BCUT2D eigenvalue weighted by atomic mass is 35.5. The highest BCUT2D eigenvalue weighted by Crippen LogP contribution is 2.24. The van der Waals surface area contributed by atoms with Gasteiger partial charge in [0.2, 0.25) is 0 Å². The molecule has 0 unspecified atom stereocenters. The van der Waals surface area contributed by atoms with Gasteiger partial charge in [0, 0.05) is 10.6 Å². The molecule has 0 radical (unpaired) electrons. The molecule has 0 aliphatic carbocycles. The first-order valence-corrected chi connectivity index (χ1v) is 6.88. The van der Waals surface area contributed by atoms with E-state index in [-0.39, 0.29) is 0 Å². The summed E-state index contributed by atoms with van der Waals surface area (Å²) >= 11 is 5.98. The lowest BCUT2D eigenvalue weighted by molar-refractivity contribution is -0.689. The molecule has 0 saturated heterocycles. The molecule has 3 aromatic rings. The van der Waals surface area contributed by atoms with E-state index in [4.69, 9.17) is 20.4 Å². The van der Waals surface area contributed by atoms with Gasteiger partial charge in [0.25, 0.3) is 0 Å². The average molecular weight is 289 g/mol. The lowest BCUT2D eigenvalue weighted by atomic mass is 10.2. The molecule has 102 valence electrons. The number of rotatable bonds is 5. The topological polar surface area (TPSA) is 42.9 Å². The number of quaternary nitrogens is 1. The zero-order valence-corrected chi connectivity index (χ0v) is 11.6. The van der Waals surface area contributed by atoms with Crippen molar-refractivity contribution in [3.05, 3.63) is 71.3 Å². The Kier molecular flexibility index (Phi) is 3.90. The monoisotopic (exact) mass is 288 g/mol. The molecule has 0 saturated carbocycles. The summed E-state index contributed by atoms with van der Waals surface area (Å²) in [6.45, 7) is 1.58. The van der Waals surface area contributed by atoms with Crippen LogP contribution in [0.1, 0.15) is 11.5 Å². The summed E-state index contributed by atoms with van der Waals surface area (Å²) in [7, 11) is 0. The van der Waals surface area contributed by atoms with Crippen LogP contribution in [-0.4, -0.2) is 0 Å². The first kappa shape index (κ1) is 13.0. The van der Waals surface area contributed by atoms with Crippen LogP contribution in [0.4, 0.5) is 0 Å². The molecule has 20 heavy (non-hydrogen) atoms. The smallest absolute Gasteiger partial charge is 0.158 e. The van der Waals surface area contributed by atoms with E-state index in [1.165, 1.54) is 0 Å². The van der Waals surface area contributed by atoms with Gasteiger partial charge in [0.05, 0.1) is 6.26 Å². The molecule has 0 fully saturated rings. The largest absolute Gasteiger partial charge is 0.463 e. The minimum Gasteiger partial charge on any atom is -0.463 e. The average Bonchev–Trinajstić information content (AvgIpc) is 3.10. The normalized spacial score (nSPS) is 10.8. The third-order valence-electron chi connectivity index (χ3n) is 3.04. The van der Waals surface area contributed by atoms with E-state index in [9.17, 15) is 0 Å². The molecule has 2 aromatic heterocycles. The second kappa shape index (κ2) is 5.99. The summed E-state index contributed by atoms with van der Waals surface area (Å²) in [4.78, 5) is 0. The van der Waals surface area contributed by atoms with E-state index in [1.807, 2.05) is 48.5 Å². The number of hydrogen-bond donors (Lipinski definition) is 1. The van der Waals surface area contributed by atoms with Crippen LogP contribution in [0.3, 0.4) is 0 Å². The molecule has 0 bridgehead atoms. The number of halogens is 1. The summed E-state index contributed by atoms with van der Waals surface area (Å²) in [6.07, 6.45) is 1.69. The number of nitrogens with two attached hydrogens (primary N) is 1. The Bertz CT molecular complexity index is 673. The lowest BCUT2D eigenvalue weighted by Crippen LogP contribution is -2.80. The Morgan fingerprint density at radius 2 is 1.85 bits per heavy atom. The molecule has 0 atom stereocenters. The van der Waals surface area contributed by atoms with Gasteiger partial charge < -0.3 is 14.2 Å². The van der Waals surface area contributed by atoms with Crippen molar-refractivity contribution in [3.8, 4) is 11.3 Å². The van der Waals surface area contributed by atoms with Crippen LogP contribution in [-0.2, 0) is 13.1 Å². The van der Waals surface area contributed by atoms with Gasteiger partial charge in [0.1, 0.15) is 18.8 Å². The van der Waals surface area contributed by atoms with E-state index in [0.717, 1.165) is 35.9 Å². The van der Waals surface area contributed by atoms with E-state index in [0.29, 0.717) is 5.02 Å². The third kappa shape index (κ3) is 3.13. The van der Waals surface area contributed by atoms with Crippen molar-refractivity contribution < 1.29 is 14.2 Å². The van der Waals surface area contributed by atoms with Crippen molar-refractivity contribution in [2.24, 2.45) is 0 Å². The van der Waals surface area contributed by atoms with E-state index >= 15 is 0 Å². The fourth-order valence-electron chi connectivity index (χ4n) is 2.07. The Balaban J connectivity index is 1.62. The number of benzene rings is 1. The lowest BCUT2D eigenvalue weighted by Gasteiger charge is -1.99. The van der Waals surface area contributed by atoms with Gasteiger partial charge in [0.15, 0.2) is 11.5 Å². The zero-order chi connectivity index (χ0) is 13.8. The maximum atomic E-state index is 5.98. The summed E-state index contributed by atoms with van der Waals surface area (Å²) in [6, 6.07) is 15.5. The highest BCUT2D eigenvalue weighted by molar-refractivity contribution is 6.30. The molecular formula is C16H15ClNO2+. The van der Waals surface area contributed by atoms with Crippen LogP contribution in [0.25, 0.3) is 11.3 Å². The van der Waals surface area contributed by atoms with Gasteiger partial charge in [-0.05, 0) is 36.4 Å². The van der Waals surface area contributed by atoms with Crippen LogP contribution < -0.4 is 5.32 Å².